The number of halogens is 3. The molecule has 0 N–H and O–H groups in total. The quantitative estimate of drug-likeness (QED) is 0.630. The van der Waals surface area contributed by atoms with Gasteiger partial charge in [0.15, 0.2) is 17.3 Å². The molecule has 0 aliphatic heterocycles. The van der Waals surface area contributed by atoms with E-state index >= 15 is 0 Å². The normalized spacial score (nSPS) is 10.0. The Morgan fingerprint density at radius 3 is 2.64 bits per heavy atom. The van der Waals surface area contributed by atoms with Crippen LogP contribution >= 0.6 is 31.9 Å². The first kappa shape index (κ1) is 11.7. The molecule has 0 unspecified atom stereocenters. The molecule has 1 aromatic carbocycles. The summed E-state index contributed by atoms with van der Waals surface area (Å²) < 4.78 is 18.5. The van der Waals surface area contributed by atoms with Crippen LogP contribution in [-0.2, 0) is 0 Å². The number of carbonyl (C=O) groups is 1. The van der Waals surface area contributed by atoms with Gasteiger partial charge in [0.05, 0.1) is 16.9 Å². The van der Waals surface area contributed by atoms with Gasteiger partial charge in [-0.25, -0.2) is 4.39 Å². The van der Waals surface area contributed by atoms with Gasteiger partial charge >= 0.3 is 0 Å². The van der Waals surface area contributed by atoms with Gasteiger partial charge in [-0.15, -0.1) is 0 Å². The number of benzene rings is 1. The Balaban J connectivity index is 3.20. The Labute approximate surface area is 97.7 Å². The summed E-state index contributed by atoms with van der Waals surface area (Å²) in [6, 6.07) is 2.69. The number of carbonyl (C=O) groups excluding carboxylic acids is 1. The lowest BCUT2D eigenvalue weighted by atomic mass is 10.1. The van der Waals surface area contributed by atoms with Crippen LogP contribution in [0.1, 0.15) is 10.4 Å². The predicted molar refractivity (Wildman–Crippen MR) is 58.8 cm³/mol. The summed E-state index contributed by atoms with van der Waals surface area (Å²) in [4.78, 5) is 11.2. The Kier molecular flexibility index (Phi) is 4.07. The van der Waals surface area contributed by atoms with E-state index < -0.39 is 5.82 Å². The SMILES string of the molecule is COc1c(F)cc(C(=O)CBr)cc1Br. The molecular formula is C9H7Br2FO2. The number of methoxy groups -OCH3 is 1. The van der Waals surface area contributed by atoms with E-state index in [-0.39, 0.29) is 16.9 Å². The van der Waals surface area contributed by atoms with Gasteiger partial charge in [0.2, 0.25) is 0 Å². The molecule has 14 heavy (non-hydrogen) atoms. The van der Waals surface area contributed by atoms with Crippen LogP contribution in [-0.4, -0.2) is 18.2 Å². The van der Waals surface area contributed by atoms with E-state index in [0.717, 1.165) is 6.07 Å². The smallest absolute Gasteiger partial charge is 0.173 e. The van der Waals surface area contributed by atoms with Crippen LogP contribution in [0.3, 0.4) is 0 Å². The minimum atomic E-state index is -0.550. The molecule has 1 aromatic rings. The third kappa shape index (κ3) is 2.33. The first-order valence-corrected chi connectivity index (χ1v) is 5.63. The van der Waals surface area contributed by atoms with Gasteiger partial charge in [-0.05, 0) is 28.1 Å². The van der Waals surface area contributed by atoms with Crippen molar-refractivity contribution in [3.8, 4) is 5.75 Å². The molecule has 5 heteroatoms. The second-order valence-corrected chi connectivity index (χ2v) is 3.95. The van der Waals surface area contributed by atoms with Crippen molar-refractivity contribution in [3.05, 3.63) is 28.0 Å². The molecule has 0 bridgehead atoms. The molecule has 0 aromatic heterocycles. The van der Waals surface area contributed by atoms with E-state index in [9.17, 15) is 9.18 Å². The average Bonchev–Trinajstić information content (AvgIpc) is 2.16. The molecule has 76 valence electrons. The minimum Gasteiger partial charge on any atom is -0.492 e. The van der Waals surface area contributed by atoms with Crippen LogP contribution in [0.5, 0.6) is 5.75 Å². The number of ketones is 1. The van der Waals surface area contributed by atoms with Gasteiger partial charge in [-0.2, -0.15) is 0 Å². The lowest BCUT2D eigenvalue weighted by molar-refractivity contribution is 0.102. The van der Waals surface area contributed by atoms with E-state index in [1.54, 1.807) is 0 Å². The summed E-state index contributed by atoms with van der Waals surface area (Å²) in [6.45, 7) is 0. The minimum absolute atomic E-state index is 0.108. The van der Waals surface area contributed by atoms with E-state index in [1.165, 1.54) is 13.2 Å². The van der Waals surface area contributed by atoms with Crippen molar-refractivity contribution in [2.24, 2.45) is 0 Å². The molecule has 0 heterocycles. The van der Waals surface area contributed by atoms with Crippen LogP contribution in [0, 0.1) is 5.82 Å². The van der Waals surface area contributed by atoms with Crippen molar-refractivity contribution in [1.29, 1.82) is 0 Å². The third-order valence-electron chi connectivity index (χ3n) is 1.65. The van der Waals surface area contributed by atoms with Gasteiger partial charge in [0.25, 0.3) is 0 Å². The predicted octanol–water partition coefficient (Wildman–Crippen LogP) is 3.17. The van der Waals surface area contributed by atoms with E-state index in [4.69, 9.17) is 4.74 Å². The largest absolute Gasteiger partial charge is 0.492 e. The number of Topliss-reactive ketones (excluding diaryl/α,β-unsaturated/α-hetero) is 1. The van der Waals surface area contributed by atoms with Gasteiger partial charge in [0.1, 0.15) is 0 Å². The van der Waals surface area contributed by atoms with Crippen molar-refractivity contribution in [2.75, 3.05) is 12.4 Å². The highest BCUT2D eigenvalue weighted by Gasteiger charge is 2.13. The Bertz CT molecular complexity index is 343. The summed E-state index contributed by atoms with van der Waals surface area (Å²) in [7, 11) is 1.37. The van der Waals surface area contributed by atoms with Crippen LogP contribution in [0.25, 0.3) is 0 Å². The molecule has 0 aliphatic rings. The first-order valence-electron chi connectivity index (χ1n) is 3.72. The Morgan fingerprint density at radius 1 is 1.57 bits per heavy atom. The maximum atomic E-state index is 13.3. The van der Waals surface area contributed by atoms with Crippen molar-refractivity contribution >= 4 is 37.6 Å². The van der Waals surface area contributed by atoms with Gasteiger partial charge in [-0.1, -0.05) is 15.9 Å². The summed E-state index contributed by atoms with van der Waals surface area (Å²) >= 11 is 6.14. The fourth-order valence-electron chi connectivity index (χ4n) is 0.993. The molecule has 0 atom stereocenters. The molecule has 1 rings (SSSR count). The van der Waals surface area contributed by atoms with E-state index in [0.29, 0.717) is 10.0 Å². The van der Waals surface area contributed by atoms with Crippen LogP contribution in [0.2, 0.25) is 0 Å². The molecule has 0 radical (unpaired) electrons. The number of hydrogen-bond acceptors (Lipinski definition) is 2. The van der Waals surface area contributed by atoms with Crippen molar-refractivity contribution in [1.82, 2.24) is 0 Å². The second-order valence-electron chi connectivity index (χ2n) is 2.53. The van der Waals surface area contributed by atoms with Gasteiger partial charge < -0.3 is 4.74 Å². The second kappa shape index (κ2) is 4.89. The Morgan fingerprint density at radius 2 is 2.21 bits per heavy atom. The lowest BCUT2D eigenvalue weighted by Crippen LogP contribution is -2.02. The third-order valence-corrected chi connectivity index (χ3v) is 2.74. The van der Waals surface area contributed by atoms with Crippen LogP contribution in [0.4, 0.5) is 4.39 Å². The lowest BCUT2D eigenvalue weighted by Gasteiger charge is -2.06. The zero-order valence-corrected chi connectivity index (χ0v) is 10.5. The molecule has 0 amide bonds. The summed E-state index contributed by atoms with van der Waals surface area (Å²) in [5.74, 6) is -0.616. The fraction of sp³-hybridized carbons (Fsp3) is 0.222. The van der Waals surface area contributed by atoms with Crippen molar-refractivity contribution in [3.63, 3.8) is 0 Å². The monoisotopic (exact) mass is 324 g/mol. The highest BCUT2D eigenvalue weighted by Crippen LogP contribution is 2.29. The van der Waals surface area contributed by atoms with E-state index in [1.807, 2.05) is 0 Å². The number of hydrogen-bond donors (Lipinski definition) is 0. The molecule has 0 spiro atoms. The van der Waals surface area contributed by atoms with Gasteiger partial charge in [-0.3, -0.25) is 4.79 Å². The summed E-state index contributed by atoms with van der Waals surface area (Å²) in [5.41, 5.74) is 0.312. The standard InChI is InChI=1S/C9H7Br2FO2/c1-14-9-6(11)2-5(3-7(9)12)8(13)4-10/h2-3H,4H2,1H3. The number of rotatable bonds is 3. The molecule has 0 saturated carbocycles. The topological polar surface area (TPSA) is 26.3 Å². The molecule has 0 fully saturated rings. The molecular weight excluding hydrogens is 319 g/mol. The number of ether oxygens (including phenoxy) is 1. The molecule has 0 aliphatic carbocycles. The molecule has 0 saturated heterocycles. The van der Waals surface area contributed by atoms with Crippen LogP contribution < -0.4 is 4.74 Å². The maximum absolute atomic E-state index is 13.3. The van der Waals surface area contributed by atoms with Gasteiger partial charge in [0, 0.05) is 5.56 Å². The van der Waals surface area contributed by atoms with Crippen molar-refractivity contribution < 1.29 is 13.9 Å². The van der Waals surface area contributed by atoms with Crippen LogP contribution in [0.15, 0.2) is 16.6 Å². The first-order chi connectivity index (χ1) is 6.60. The van der Waals surface area contributed by atoms with E-state index in [2.05, 4.69) is 31.9 Å². The Hall–Kier alpha value is -0.420. The zero-order chi connectivity index (χ0) is 10.7. The number of alkyl halides is 1. The fourth-order valence-corrected chi connectivity index (χ4v) is 1.91. The van der Waals surface area contributed by atoms with Crippen molar-refractivity contribution in [2.45, 2.75) is 0 Å². The molecule has 2 nitrogen and oxygen atoms in total. The zero-order valence-electron chi connectivity index (χ0n) is 7.31. The highest BCUT2D eigenvalue weighted by molar-refractivity contribution is 9.10. The highest BCUT2D eigenvalue weighted by atomic mass is 79.9. The summed E-state index contributed by atoms with van der Waals surface area (Å²) in [6.07, 6.45) is 0. The maximum Gasteiger partial charge on any atom is 0.173 e. The summed E-state index contributed by atoms with van der Waals surface area (Å²) in [5, 5.41) is 0.172. The average molecular weight is 326 g/mol.